The molecule has 1 aromatic carbocycles. The Morgan fingerprint density at radius 3 is 2.56 bits per heavy atom. The van der Waals surface area contributed by atoms with Gasteiger partial charge in [0.2, 0.25) is 5.91 Å². The molecule has 1 aromatic rings. The van der Waals surface area contributed by atoms with Crippen molar-refractivity contribution in [2.24, 2.45) is 5.92 Å². The van der Waals surface area contributed by atoms with Gasteiger partial charge in [-0.2, -0.15) is 0 Å². The average Bonchev–Trinajstić information content (AvgIpc) is 2.63. The Kier molecular flexibility index (Phi) is 8.10. The zero-order valence-electron chi connectivity index (χ0n) is 16.8. The fourth-order valence-electron chi connectivity index (χ4n) is 3.21. The molecule has 1 atom stereocenters. The molecule has 0 radical (unpaired) electrons. The molecule has 2 N–H and O–H groups in total. The first-order valence-electron chi connectivity index (χ1n) is 9.84. The summed E-state index contributed by atoms with van der Waals surface area (Å²) in [6, 6.07) is 10.4. The maximum atomic E-state index is 12.4. The third-order valence-electron chi connectivity index (χ3n) is 4.53. The normalized spacial score (nSPS) is 18.0. The Bertz CT molecular complexity index is 598. The van der Waals surface area contributed by atoms with Crippen molar-refractivity contribution in [3.63, 3.8) is 0 Å². The van der Waals surface area contributed by atoms with Gasteiger partial charge >= 0.3 is 6.09 Å². The number of piperidine rings is 1. The molecule has 1 saturated heterocycles. The van der Waals surface area contributed by atoms with Gasteiger partial charge in [-0.3, -0.25) is 4.79 Å². The zero-order chi connectivity index (χ0) is 19.7. The number of alkyl carbamates (subject to hydrolysis) is 1. The van der Waals surface area contributed by atoms with Gasteiger partial charge < -0.3 is 20.3 Å². The van der Waals surface area contributed by atoms with Gasteiger partial charge in [0.25, 0.3) is 0 Å². The van der Waals surface area contributed by atoms with Crippen LogP contribution in [0.1, 0.15) is 39.2 Å². The molecular weight excluding hydrogens is 342 g/mol. The number of amides is 2. The third-order valence-corrected chi connectivity index (χ3v) is 4.53. The number of benzene rings is 1. The Morgan fingerprint density at radius 2 is 1.85 bits per heavy atom. The average molecular weight is 376 g/mol. The van der Waals surface area contributed by atoms with Crippen molar-refractivity contribution in [3.8, 4) is 0 Å². The molecule has 150 valence electrons. The van der Waals surface area contributed by atoms with Crippen molar-refractivity contribution >= 4 is 12.0 Å². The van der Waals surface area contributed by atoms with Gasteiger partial charge in [-0.05, 0) is 52.1 Å². The molecule has 1 heterocycles. The molecule has 6 heteroatoms. The van der Waals surface area contributed by atoms with Crippen molar-refractivity contribution in [3.05, 3.63) is 35.9 Å². The van der Waals surface area contributed by atoms with Crippen LogP contribution >= 0.6 is 0 Å². The maximum Gasteiger partial charge on any atom is 0.407 e. The van der Waals surface area contributed by atoms with Crippen LogP contribution in [0.2, 0.25) is 0 Å². The van der Waals surface area contributed by atoms with Gasteiger partial charge in [0, 0.05) is 26.2 Å². The van der Waals surface area contributed by atoms with Crippen molar-refractivity contribution in [2.45, 2.75) is 45.6 Å². The van der Waals surface area contributed by atoms with E-state index in [1.165, 1.54) is 5.56 Å². The van der Waals surface area contributed by atoms with Crippen molar-refractivity contribution in [1.82, 2.24) is 15.5 Å². The largest absolute Gasteiger partial charge is 0.444 e. The molecule has 6 nitrogen and oxygen atoms in total. The third kappa shape index (κ3) is 8.43. The number of ether oxygens (including phenoxy) is 1. The summed E-state index contributed by atoms with van der Waals surface area (Å²) in [5, 5.41) is 5.59. The van der Waals surface area contributed by atoms with E-state index in [1.54, 1.807) is 0 Å². The molecule has 1 aliphatic rings. The molecule has 0 bridgehead atoms. The Morgan fingerprint density at radius 1 is 1.15 bits per heavy atom. The quantitative estimate of drug-likeness (QED) is 0.719. The van der Waals surface area contributed by atoms with Crippen LogP contribution in [0.5, 0.6) is 0 Å². The van der Waals surface area contributed by atoms with E-state index in [9.17, 15) is 9.59 Å². The number of nitrogens with zero attached hydrogens (tertiary/aromatic N) is 1. The maximum absolute atomic E-state index is 12.4. The second-order valence-electron chi connectivity index (χ2n) is 8.10. The van der Waals surface area contributed by atoms with E-state index in [-0.39, 0.29) is 11.8 Å². The monoisotopic (exact) mass is 375 g/mol. The molecule has 2 amide bonds. The van der Waals surface area contributed by atoms with E-state index >= 15 is 0 Å². The van der Waals surface area contributed by atoms with E-state index in [4.69, 9.17) is 4.74 Å². The summed E-state index contributed by atoms with van der Waals surface area (Å²) in [6.07, 6.45) is 2.52. The topological polar surface area (TPSA) is 70.7 Å². The summed E-state index contributed by atoms with van der Waals surface area (Å²) >= 11 is 0. The van der Waals surface area contributed by atoms with Gasteiger partial charge in [0.05, 0.1) is 5.92 Å². The number of carbonyl (C=O) groups is 2. The summed E-state index contributed by atoms with van der Waals surface area (Å²) in [5.74, 6) is 0.0986. The molecule has 0 aliphatic carbocycles. The highest BCUT2D eigenvalue weighted by Crippen LogP contribution is 2.17. The highest BCUT2D eigenvalue weighted by atomic mass is 16.6. The summed E-state index contributed by atoms with van der Waals surface area (Å²) in [4.78, 5) is 26.4. The van der Waals surface area contributed by atoms with Crippen LogP contribution in [-0.4, -0.2) is 55.2 Å². The first-order valence-corrected chi connectivity index (χ1v) is 9.84. The second kappa shape index (κ2) is 10.3. The molecule has 1 unspecified atom stereocenters. The lowest BCUT2D eigenvalue weighted by atomic mass is 9.96. The summed E-state index contributed by atoms with van der Waals surface area (Å²) < 4.78 is 5.17. The molecule has 0 spiro atoms. The minimum atomic E-state index is -0.515. The van der Waals surface area contributed by atoms with E-state index < -0.39 is 11.7 Å². The first kappa shape index (κ1) is 21.2. The standard InChI is InChI=1S/C21H33N3O3/c1-21(2,3)27-20(26)23-13-12-22-19(25)18-10-7-14-24(16-18)15-11-17-8-5-4-6-9-17/h4-6,8-9,18H,7,10-16H2,1-3H3,(H,22,25)(H,23,26). The molecule has 2 rings (SSSR count). The lowest BCUT2D eigenvalue weighted by molar-refractivity contribution is -0.126. The number of carbonyl (C=O) groups excluding carboxylic acids is 2. The summed E-state index contributed by atoms with van der Waals surface area (Å²) in [5.41, 5.74) is 0.816. The Balaban J connectivity index is 1.64. The van der Waals surface area contributed by atoms with Crippen molar-refractivity contribution < 1.29 is 14.3 Å². The number of likely N-dealkylation sites (tertiary alicyclic amines) is 1. The van der Waals surface area contributed by atoms with Crippen molar-refractivity contribution in [1.29, 1.82) is 0 Å². The van der Waals surface area contributed by atoms with Crippen LogP contribution < -0.4 is 10.6 Å². The van der Waals surface area contributed by atoms with Crippen LogP contribution in [0, 0.1) is 5.92 Å². The zero-order valence-corrected chi connectivity index (χ0v) is 16.8. The van der Waals surface area contributed by atoms with Crippen LogP contribution in [0.3, 0.4) is 0 Å². The number of rotatable bonds is 7. The SMILES string of the molecule is CC(C)(C)OC(=O)NCCNC(=O)C1CCCN(CCc2ccccc2)C1. The number of nitrogens with one attached hydrogen (secondary N) is 2. The Labute approximate surface area is 162 Å². The van der Waals surface area contributed by atoms with E-state index in [1.807, 2.05) is 26.8 Å². The van der Waals surface area contributed by atoms with Crippen LogP contribution in [-0.2, 0) is 16.0 Å². The van der Waals surface area contributed by atoms with Crippen molar-refractivity contribution in [2.75, 3.05) is 32.7 Å². The van der Waals surface area contributed by atoms with Gasteiger partial charge in [0.15, 0.2) is 0 Å². The minimum absolute atomic E-state index is 0.0241. The molecule has 0 saturated carbocycles. The molecule has 1 fully saturated rings. The molecule has 27 heavy (non-hydrogen) atoms. The highest BCUT2D eigenvalue weighted by Gasteiger charge is 2.25. The molecule has 0 aromatic heterocycles. The van der Waals surface area contributed by atoms with Gasteiger partial charge in [0.1, 0.15) is 5.60 Å². The van der Waals surface area contributed by atoms with E-state index in [0.29, 0.717) is 13.1 Å². The fraction of sp³-hybridized carbons (Fsp3) is 0.619. The molecular formula is C21H33N3O3. The second-order valence-corrected chi connectivity index (χ2v) is 8.10. The van der Waals surface area contributed by atoms with E-state index in [2.05, 4.69) is 39.8 Å². The minimum Gasteiger partial charge on any atom is -0.444 e. The van der Waals surface area contributed by atoms with Crippen LogP contribution in [0.15, 0.2) is 30.3 Å². The summed E-state index contributed by atoms with van der Waals surface area (Å²) in [6.45, 7) is 9.08. The van der Waals surface area contributed by atoms with E-state index in [0.717, 1.165) is 38.9 Å². The smallest absolute Gasteiger partial charge is 0.407 e. The number of hydrogen-bond donors (Lipinski definition) is 2. The lowest BCUT2D eigenvalue weighted by Crippen LogP contribution is -2.45. The molecule has 1 aliphatic heterocycles. The van der Waals surface area contributed by atoms with Crippen LogP contribution in [0.4, 0.5) is 4.79 Å². The lowest BCUT2D eigenvalue weighted by Gasteiger charge is -2.32. The number of hydrogen-bond acceptors (Lipinski definition) is 4. The van der Waals surface area contributed by atoms with Gasteiger partial charge in [-0.1, -0.05) is 30.3 Å². The summed E-state index contributed by atoms with van der Waals surface area (Å²) in [7, 11) is 0. The first-order chi connectivity index (χ1) is 12.8. The van der Waals surface area contributed by atoms with Gasteiger partial charge in [-0.25, -0.2) is 4.79 Å². The van der Waals surface area contributed by atoms with Gasteiger partial charge in [-0.15, -0.1) is 0 Å². The van der Waals surface area contributed by atoms with Crippen LogP contribution in [0.25, 0.3) is 0 Å². The highest BCUT2D eigenvalue weighted by molar-refractivity contribution is 5.79. The Hall–Kier alpha value is -2.08. The fourth-order valence-corrected chi connectivity index (χ4v) is 3.21. The predicted molar refractivity (Wildman–Crippen MR) is 107 cm³/mol. The predicted octanol–water partition coefficient (Wildman–Crippen LogP) is 2.58.